The summed E-state index contributed by atoms with van der Waals surface area (Å²) >= 11 is 0. The Hall–Kier alpha value is -3.56. The van der Waals surface area contributed by atoms with Crippen LogP contribution in [0.25, 0.3) is 0 Å². The smallest absolute Gasteiger partial charge is 0.868 e. The van der Waals surface area contributed by atoms with Crippen LogP contribution >= 0.6 is 0 Å². The molecule has 3 aromatic heterocycles. The topological polar surface area (TPSA) is 211 Å². The van der Waals surface area contributed by atoms with Gasteiger partial charge in [0.2, 0.25) is 0 Å². The Morgan fingerprint density at radius 3 is 2.14 bits per heavy atom. The van der Waals surface area contributed by atoms with Gasteiger partial charge in [-0.2, -0.15) is 0 Å². The number of nitrogens with one attached hydrogen (secondary N) is 2. The predicted octanol–water partition coefficient (Wildman–Crippen LogP) is -3.96. The molecule has 3 rings (SSSR count). The van der Waals surface area contributed by atoms with Crippen molar-refractivity contribution < 1.29 is 53.8 Å². The number of ether oxygens (including phenoxy) is 1. The molecule has 0 atom stereocenters. The Balaban J connectivity index is 0.000000546. The van der Waals surface area contributed by atoms with Gasteiger partial charge in [0, 0.05) is 44.0 Å². The van der Waals surface area contributed by atoms with Crippen LogP contribution < -0.4 is 51.5 Å². The van der Waals surface area contributed by atoms with E-state index in [2.05, 4.69) is 35.2 Å². The van der Waals surface area contributed by atoms with Gasteiger partial charge in [0.15, 0.2) is 11.6 Å². The van der Waals surface area contributed by atoms with Gasteiger partial charge in [0.05, 0.1) is 37.3 Å². The van der Waals surface area contributed by atoms with E-state index in [0.717, 1.165) is 5.69 Å². The molecule has 0 fully saturated rings. The molecule has 0 aliphatic rings. The molecule has 0 amide bonds. The van der Waals surface area contributed by atoms with Gasteiger partial charge in [0.1, 0.15) is 5.69 Å². The number of rotatable bonds is 8. The maximum atomic E-state index is 11.5. The summed E-state index contributed by atoms with van der Waals surface area (Å²) in [4.78, 5) is 59.1. The van der Waals surface area contributed by atoms with Gasteiger partial charge in [-0.05, 0) is 25.7 Å². The quantitative estimate of drug-likeness (QED) is 0.0492. The molecule has 0 saturated carbocycles. The fraction of sp³-hybridized carbons (Fsp3) is 0.273. The normalized spacial score (nSPS) is 10.0. The second kappa shape index (κ2) is 18.7. The Labute approximate surface area is 234 Å². The largest absolute Gasteiger partial charge is 1.00 e. The molecule has 3 aromatic rings. The van der Waals surface area contributed by atoms with E-state index in [1.165, 1.54) is 24.6 Å². The van der Waals surface area contributed by atoms with E-state index in [4.69, 9.17) is 5.84 Å². The monoisotopic (exact) mass is 522 g/mol. The first-order valence-electron chi connectivity index (χ1n) is 10.5. The molecule has 0 radical (unpaired) electrons. The number of Topliss-reactive ketones (excluding diaryl/α,β-unsaturated/α-hetero) is 1. The first kappa shape index (κ1) is 33.4. The molecular formula is C22H27N8NaO6. The summed E-state index contributed by atoms with van der Waals surface area (Å²) in [7, 11) is 0. The molecule has 0 aromatic carbocycles. The van der Waals surface area contributed by atoms with E-state index in [0.29, 0.717) is 24.0 Å². The molecule has 3 heterocycles. The van der Waals surface area contributed by atoms with Crippen molar-refractivity contribution in [1.29, 1.82) is 0 Å². The van der Waals surface area contributed by atoms with E-state index >= 15 is 0 Å². The van der Waals surface area contributed by atoms with Crippen molar-refractivity contribution in [3.8, 4) is 0 Å². The number of allylic oxidation sites excluding steroid dienone is 1. The van der Waals surface area contributed by atoms with E-state index in [-0.39, 0.29) is 54.1 Å². The molecule has 0 aliphatic heterocycles. The number of aromatic nitrogens is 6. The van der Waals surface area contributed by atoms with Crippen LogP contribution in [0.3, 0.4) is 0 Å². The fourth-order valence-corrected chi connectivity index (χ4v) is 2.28. The summed E-state index contributed by atoms with van der Waals surface area (Å²) in [6.45, 7) is 5.15. The van der Waals surface area contributed by atoms with Gasteiger partial charge < -0.3 is 9.84 Å². The zero-order valence-electron chi connectivity index (χ0n) is 21.0. The van der Waals surface area contributed by atoms with Gasteiger partial charge in [-0.15, -0.1) is 0 Å². The van der Waals surface area contributed by atoms with Gasteiger partial charge >= 0.3 is 35.5 Å². The average molecular weight is 522 g/mol. The summed E-state index contributed by atoms with van der Waals surface area (Å²) in [6, 6.07) is 1.28. The number of hydrogen-bond acceptors (Lipinski definition) is 12. The zero-order valence-corrected chi connectivity index (χ0v) is 23.0. The number of esters is 1. The molecule has 15 heteroatoms. The summed E-state index contributed by atoms with van der Waals surface area (Å²) in [6.07, 6.45) is 10.3. The third-order valence-corrected chi connectivity index (χ3v) is 3.82. The second-order valence-corrected chi connectivity index (χ2v) is 6.76. The summed E-state index contributed by atoms with van der Waals surface area (Å²) < 4.78 is 5.65. The Kier molecular flexibility index (Phi) is 16.9. The maximum absolute atomic E-state index is 11.5. The number of H-pyrrole nitrogens is 1. The van der Waals surface area contributed by atoms with Gasteiger partial charge in [-0.3, -0.25) is 50.7 Å². The molecule has 37 heavy (non-hydrogen) atoms. The Morgan fingerprint density at radius 2 is 1.70 bits per heavy atom. The standard InChI is InChI=1S/C10H10N4O2.C7H10O4.C5H8N4.Na/c1-7(15)9-4-10(16)14(13-9)6-8-5-11-2-3-12-8;1-3-11-7(10)6(9)4-5(2)8;6-9-4-5-3-7-1-2-8-5;/h2-5,13H,6H2,1H3;4,9H,3H2,1-2H3;1-3,9H,4,6H2;/q;;;+1/p-1/b;6-4-;;. The number of nitrogens with two attached hydrogens (primary N) is 1. The molecule has 0 unspecified atom stereocenters. The van der Waals surface area contributed by atoms with Crippen LogP contribution in [0.1, 0.15) is 42.6 Å². The molecule has 0 bridgehead atoms. The van der Waals surface area contributed by atoms with Crippen molar-refractivity contribution in [3.63, 3.8) is 0 Å². The number of hydrogen-bond donors (Lipinski definition) is 3. The van der Waals surface area contributed by atoms with Gasteiger partial charge in [-0.25, -0.2) is 9.48 Å². The molecule has 0 aliphatic carbocycles. The minimum absolute atomic E-state index is 0. The summed E-state index contributed by atoms with van der Waals surface area (Å²) in [5.41, 5.74) is 4.03. The fourth-order valence-electron chi connectivity index (χ4n) is 2.28. The van der Waals surface area contributed by atoms with Crippen molar-refractivity contribution in [3.05, 3.63) is 82.5 Å². The number of aromatic amines is 1. The Morgan fingerprint density at radius 1 is 1.11 bits per heavy atom. The third-order valence-electron chi connectivity index (χ3n) is 3.82. The van der Waals surface area contributed by atoms with Crippen molar-refractivity contribution >= 4 is 17.5 Å². The number of ketones is 2. The predicted molar refractivity (Wildman–Crippen MR) is 125 cm³/mol. The second-order valence-electron chi connectivity index (χ2n) is 6.76. The van der Waals surface area contributed by atoms with Crippen LogP contribution in [0.15, 0.2) is 59.9 Å². The number of carbonyl (C=O) groups is 3. The molecule has 0 saturated heterocycles. The molecular weight excluding hydrogens is 495 g/mol. The summed E-state index contributed by atoms with van der Waals surface area (Å²) in [5.74, 6) is 2.53. The van der Waals surface area contributed by atoms with Crippen molar-refractivity contribution in [2.24, 2.45) is 5.84 Å². The van der Waals surface area contributed by atoms with E-state index in [9.17, 15) is 24.3 Å². The first-order valence-corrected chi connectivity index (χ1v) is 10.5. The molecule has 0 spiro atoms. The van der Waals surface area contributed by atoms with Crippen molar-refractivity contribution in [1.82, 2.24) is 35.1 Å². The third kappa shape index (κ3) is 13.9. The number of carbonyl (C=O) groups excluding carboxylic acids is 3. The van der Waals surface area contributed by atoms with Gasteiger partial charge in [-0.1, -0.05) is 0 Å². The number of nitrogens with zero attached hydrogens (tertiary/aromatic N) is 5. The van der Waals surface area contributed by atoms with Crippen LogP contribution in [0.4, 0.5) is 0 Å². The molecule has 4 N–H and O–H groups in total. The Bertz CT molecular complexity index is 1200. The molecule has 192 valence electrons. The minimum atomic E-state index is -0.984. The van der Waals surface area contributed by atoms with Crippen molar-refractivity contribution in [2.45, 2.75) is 33.9 Å². The van der Waals surface area contributed by atoms with Crippen LogP contribution in [-0.2, 0) is 27.4 Å². The van der Waals surface area contributed by atoms with E-state index in [1.54, 1.807) is 44.1 Å². The van der Waals surface area contributed by atoms with Crippen LogP contribution in [0.5, 0.6) is 0 Å². The summed E-state index contributed by atoms with van der Waals surface area (Å²) in [5, 5.41) is 13.3. The van der Waals surface area contributed by atoms with Crippen LogP contribution in [0.2, 0.25) is 0 Å². The maximum Gasteiger partial charge on any atom is 1.00 e. The zero-order chi connectivity index (χ0) is 26.9. The SMILES string of the molecule is CC(=O)c1cc(=O)n(Cc2cnccn2)[nH]1.CCOC(=O)/C([O-])=C/C(C)=O.NNCc1cnccn1.[Na+]. The van der Waals surface area contributed by atoms with E-state index < -0.39 is 17.5 Å². The van der Waals surface area contributed by atoms with Crippen molar-refractivity contribution in [2.75, 3.05) is 6.61 Å². The van der Waals surface area contributed by atoms with E-state index in [1.807, 2.05) is 0 Å². The van der Waals surface area contributed by atoms with Crippen LogP contribution in [0, 0.1) is 0 Å². The van der Waals surface area contributed by atoms with Gasteiger partial charge in [0.25, 0.3) is 5.56 Å². The number of hydrazine groups is 1. The minimum Gasteiger partial charge on any atom is -0.868 e. The molecule has 14 nitrogen and oxygen atoms in total. The first-order chi connectivity index (χ1) is 17.2. The van der Waals surface area contributed by atoms with Crippen LogP contribution in [-0.4, -0.2) is 53.9 Å². The average Bonchev–Trinajstić information content (AvgIpc) is 3.22.